The van der Waals surface area contributed by atoms with Gasteiger partial charge in [0, 0.05) is 12.1 Å². The van der Waals surface area contributed by atoms with Gasteiger partial charge in [0.05, 0.1) is 11.3 Å². The van der Waals surface area contributed by atoms with Crippen molar-refractivity contribution in [2.45, 2.75) is 45.1 Å². The summed E-state index contributed by atoms with van der Waals surface area (Å²) < 4.78 is 0. The molecule has 5 nitrogen and oxygen atoms in total. The topological polar surface area (TPSA) is 57.7 Å². The molecule has 0 saturated carbocycles. The van der Waals surface area contributed by atoms with Crippen molar-refractivity contribution >= 4 is 23.4 Å². The first-order chi connectivity index (χ1) is 13.3. The Hall–Kier alpha value is -2.95. The van der Waals surface area contributed by atoms with E-state index in [1.807, 2.05) is 12.1 Å². The molecule has 0 radical (unpaired) electrons. The van der Waals surface area contributed by atoms with Crippen LogP contribution in [0.5, 0.6) is 0 Å². The zero-order valence-corrected chi connectivity index (χ0v) is 16.4. The number of anilines is 1. The number of nitrogens with zero attached hydrogens (tertiary/aromatic N) is 2. The van der Waals surface area contributed by atoms with Crippen LogP contribution in [0.1, 0.15) is 59.9 Å². The van der Waals surface area contributed by atoms with Gasteiger partial charge in [-0.3, -0.25) is 14.4 Å². The van der Waals surface area contributed by atoms with Gasteiger partial charge in [-0.2, -0.15) is 0 Å². The highest BCUT2D eigenvalue weighted by atomic mass is 16.2. The number of hydrogen-bond acceptors (Lipinski definition) is 3. The molecule has 1 fully saturated rings. The second-order valence-electron chi connectivity index (χ2n) is 8.48. The van der Waals surface area contributed by atoms with Crippen LogP contribution in [0.25, 0.3) is 0 Å². The first-order valence-corrected chi connectivity index (χ1v) is 9.68. The molecular formula is C23H24N2O3. The van der Waals surface area contributed by atoms with Crippen molar-refractivity contribution in [3.63, 3.8) is 0 Å². The fourth-order valence-corrected chi connectivity index (χ4v) is 3.99. The van der Waals surface area contributed by atoms with E-state index in [9.17, 15) is 14.4 Å². The van der Waals surface area contributed by atoms with Crippen LogP contribution < -0.4 is 4.90 Å². The molecule has 5 heteroatoms. The molecule has 1 atom stereocenters. The molecule has 4 rings (SSSR count). The van der Waals surface area contributed by atoms with Crippen molar-refractivity contribution < 1.29 is 14.4 Å². The number of hydrogen-bond donors (Lipinski definition) is 0. The molecule has 2 heterocycles. The minimum Gasteiger partial charge on any atom is -0.327 e. The molecule has 2 aromatic rings. The Kier molecular flexibility index (Phi) is 4.33. The highest BCUT2D eigenvalue weighted by Gasteiger charge is 2.44. The van der Waals surface area contributed by atoms with E-state index in [1.54, 1.807) is 41.3 Å². The molecule has 2 aliphatic heterocycles. The SMILES string of the molecule is CC(C)(C)c1ccc(C(=O)N2C(=O)[C@H]3CCCN3C(=O)c3ccccc32)cc1. The quantitative estimate of drug-likeness (QED) is 0.712. The third-order valence-corrected chi connectivity index (χ3v) is 5.60. The molecule has 144 valence electrons. The summed E-state index contributed by atoms with van der Waals surface area (Å²) in [5.41, 5.74) is 2.30. The monoisotopic (exact) mass is 376 g/mol. The maximum atomic E-state index is 13.4. The third kappa shape index (κ3) is 2.91. The highest BCUT2D eigenvalue weighted by molar-refractivity contribution is 6.26. The number of fused-ring (bicyclic) bond motifs is 2. The van der Waals surface area contributed by atoms with E-state index in [2.05, 4.69) is 20.8 Å². The second-order valence-corrected chi connectivity index (χ2v) is 8.48. The molecule has 1 saturated heterocycles. The van der Waals surface area contributed by atoms with Gasteiger partial charge in [-0.25, -0.2) is 4.90 Å². The summed E-state index contributed by atoms with van der Waals surface area (Å²) in [4.78, 5) is 42.4. The first kappa shape index (κ1) is 18.4. The van der Waals surface area contributed by atoms with E-state index in [4.69, 9.17) is 0 Å². The predicted octanol–water partition coefficient (Wildman–Crippen LogP) is 3.78. The molecule has 0 spiro atoms. The van der Waals surface area contributed by atoms with Crippen molar-refractivity contribution in [3.05, 3.63) is 65.2 Å². The zero-order chi connectivity index (χ0) is 20.1. The van der Waals surface area contributed by atoms with Gasteiger partial charge in [0.2, 0.25) is 0 Å². The summed E-state index contributed by atoms with van der Waals surface area (Å²) in [7, 11) is 0. The summed E-state index contributed by atoms with van der Waals surface area (Å²) in [6.45, 7) is 6.88. The molecule has 3 amide bonds. The highest BCUT2D eigenvalue weighted by Crippen LogP contribution is 2.33. The average Bonchev–Trinajstić information content (AvgIpc) is 3.14. The lowest BCUT2D eigenvalue weighted by Gasteiger charge is -2.25. The standard InChI is InChI=1S/C23H24N2O3/c1-23(2,3)16-12-10-15(11-13-16)20(26)25-18-8-5-4-7-17(18)21(27)24-14-6-9-19(24)22(25)28/h4-5,7-8,10-13,19H,6,9,14H2,1-3H3/t19-/m1/s1. The second kappa shape index (κ2) is 6.59. The average molecular weight is 376 g/mol. The Morgan fingerprint density at radius 2 is 1.68 bits per heavy atom. The van der Waals surface area contributed by atoms with Crippen LogP contribution in [0.2, 0.25) is 0 Å². The van der Waals surface area contributed by atoms with Crippen LogP contribution in [0.3, 0.4) is 0 Å². The molecule has 0 unspecified atom stereocenters. The van der Waals surface area contributed by atoms with Gasteiger partial charge in [-0.1, -0.05) is 45.0 Å². The van der Waals surface area contributed by atoms with Crippen molar-refractivity contribution in [1.29, 1.82) is 0 Å². The lowest BCUT2D eigenvalue weighted by Crippen LogP contribution is -2.47. The van der Waals surface area contributed by atoms with Gasteiger partial charge in [-0.15, -0.1) is 0 Å². The largest absolute Gasteiger partial charge is 0.327 e. The number of carbonyl (C=O) groups excluding carboxylic acids is 3. The molecule has 2 aliphatic rings. The Morgan fingerprint density at radius 1 is 1.00 bits per heavy atom. The predicted molar refractivity (Wildman–Crippen MR) is 107 cm³/mol. The van der Waals surface area contributed by atoms with Gasteiger partial charge >= 0.3 is 0 Å². The Balaban J connectivity index is 1.78. The molecule has 28 heavy (non-hydrogen) atoms. The number of rotatable bonds is 1. The summed E-state index contributed by atoms with van der Waals surface area (Å²) >= 11 is 0. The maximum absolute atomic E-state index is 13.4. The Labute approximate surface area is 164 Å². The van der Waals surface area contributed by atoms with E-state index in [1.165, 1.54) is 4.90 Å². The van der Waals surface area contributed by atoms with Crippen LogP contribution in [0.15, 0.2) is 48.5 Å². The number of carbonyl (C=O) groups is 3. The van der Waals surface area contributed by atoms with E-state index in [-0.39, 0.29) is 23.1 Å². The lowest BCUT2D eigenvalue weighted by atomic mass is 9.86. The van der Waals surface area contributed by atoms with Crippen LogP contribution in [-0.4, -0.2) is 35.2 Å². The zero-order valence-electron chi connectivity index (χ0n) is 16.4. The van der Waals surface area contributed by atoms with Crippen molar-refractivity contribution in [2.24, 2.45) is 0 Å². The van der Waals surface area contributed by atoms with Crippen LogP contribution in [-0.2, 0) is 10.2 Å². The van der Waals surface area contributed by atoms with Gasteiger partial charge in [0.15, 0.2) is 0 Å². The van der Waals surface area contributed by atoms with Crippen molar-refractivity contribution in [2.75, 3.05) is 11.4 Å². The van der Waals surface area contributed by atoms with Crippen LogP contribution >= 0.6 is 0 Å². The molecule has 0 aromatic heterocycles. The number of imide groups is 1. The Bertz CT molecular complexity index is 957. The van der Waals surface area contributed by atoms with Crippen LogP contribution in [0.4, 0.5) is 5.69 Å². The van der Waals surface area contributed by atoms with Crippen LogP contribution in [0, 0.1) is 0 Å². The van der Waals surface area contributed by atoms with Crippen molar-refractivity contribution in [3.8, 4) is 0 Å². The third-order valence-electron chi connectivity index (χ3n) is 5.60. The first-order valence-electron chi connectivity index (χ1n) is 9.68. The van der Waals surface area contributed by atoms with E-state index in [0.717, 1.165) is 12.0 Å². The Morgan fingerprint density at radius 3 is 2.36 bits per heavy atom. The molecule has 0 aliphatic carbocycles. The molecular weight excluding hydrogens is 352 g/mol. The molecule has 0 N–H and O–H groups in total. The van der Waals surface area contributed by atoms with Gasteiger partial charge in [0.1, 0.15) is 6.04 Å². The normalized spacial score (nSPS) is 19.3. The minimum atomic E-state index is -0.572. The van der Waals surface area contributed by atoms with Crippen molar-refractivity contribution in [1.82, 2.24) is 4.90 Å². The number of amides is 3. The molecule has 0 bridgehead atoms. The summed E-state index contributed by atoms with van der Waals surface area (Å²) in [6, 6.07) is 13.7. The summed E-state index contributed by atoms with van der Waals surface area (Å²) in [5.74, 6) is -0.884. The lowest BCUT2D eigenvalue weighted by molar-refractivity contribution is -0.121. The summed E-state index contributed by atoms with van der Waals surface area (Å²) in [5, 5.41) is 0. The summed E-state index contributed by atoms with van der Waals surface area (Å²) in [6.07, 6.45) is 1.36. The minimum absolute atomic E-state index is 0.0244. The van der Waals surface area contributed by atoms with E-state index in [0.29, 0.717) is 29.8 Å². The van der Waals surface area contributed by atoms with Gasteiger partial charge in [0.25, 0.3) is 17.7 Å². The van der Waals surface area contributed by atoms with E-state index < -0.39 is 6.04 Å². The number of para-hydroxylation sites is 1. The van der Waals surface area contributed by atoms with Gasteiger partial charge in [-0.05, 0) is 48.1 Å². The smallest absolute Gasteiger partial charge is 0.265 e. The fraction of sp³-hybridized carbons (Fsp3) is 0.348. The van der Waals surface area contributed by atoms with E-state index >= 15 is 0 Å². The van der Waals surface area contributed by atoms with Gasteiger partial charge < -0.3 is 4.90 Å². The number of benzene rings is 2. The maximum Gasteiger partial charge on any atom is 0.265 e. The fourth-order valence-electron chi connectivity index (χ4n) is 3.99. The molecule has 2 aromatic carbocycles.